The fraction of sp³-hybridized carbons (Fsp3) is 0.273. The number of ether oxygens (including phenoxy) is 3. The third kappa shape index (κ3) is 2.57. The van der Waals surface area contributed by atoms with E-state index in [0.29, 0.717) is 40.1 Å². The summed E-state index contributed by atoms with van der Waals surface area (Å²) >= 11 is 0. The van der Waals surface area contributed by atoms with Crippen LogP contribution in [0, 0.1) is 0 Å². The van der Waals surface area contributed by atoms with Gasteiger partial charge in [-0.05, 0) is 31.2 Å². The first-order chi connectivity index (χ1) is 14.1. The standard InChI is InChI=1S/C22H20N2O5/c1-3-27-22(26)19-15-9-17-18(29-12-28-17)10-16(15)21(25)24-20(19)13(2)11-23(24)14-7-5-4-6-8-14/h4-10,13H,3,11-12H2,1-2H3. The number of anilines is 1. The molecular formula is C22H20N2O5. The molecule has 2 aliphatic rings. The van der Waals surface area contributed by atoms with Crippen LogP contribution in [0.3, 0.4) is 0 Å². The summed E-state index contributed by atoms with van der Waals surface area (Å²) in [6.45, 7) is 4.70. The summed E-state index contributed by atoms with van der Waals surface area (Å²) in [5, 5.41) is 2.84. The number of esters is 1. The number of para-hydroxylation sites is 1. The maximum atomic E-state index is 13.6. The van der Waals surface area contributed by atoms with Crippen LogP contribution in [0.4, 0.5) is 5.69 Å². The van der Waals surface area contributed by atoms with Gasteiger partial charge in [0.15, 0.2) is 11.5 Å². The highest BCUT2D eigenvalue weighted by Crippen LogP contribution is 2.40. The first kappa shape index (κ1) is 17.6. The highest BCUT2D eigenvalue weighted by atomic mass is 16.7. The molecule has 0 radical (unpaired) electrons. The van der Waals surface area contributed by atoms with Crippen LogP contribution >= 0.6 is 0 Å². The SMILES string of the molecule is CCOC(=O)c1c2n(c(=O)c3cc4c(cc13)OCO4)N(c1ccccc1)CC2C. The molecule has 0 fully saturated rings. The molecule has 1 aromatic heterocycles. The minimum atomic E-state index is -0.443. The van der Waals surface area contributed by atoms with E-state index < -0.39 is 5.97 Å². The number of fused-ring (bicyclic) bond motifs is 3. The van der Waals surface area contributed by atoms with Gasteiger partial charge in [0.25, 0.3) is 5.56 Å². The molecule has 0 bridgehead atoms. The summed E-state index contributed by atoms with van der Waals surface area (Å²) in [5.41, 5.74) is 1.75. The molecule has 29 heavy (non-hydrogen) atoms. The fourth-order valence-electron chi connectivity index (χ4n) is 4.15. The van der Waals surface area contributed by atoms with Crippen molar-refractivity contribution in [1.82, 2.24) is 4.68 Å². The second-order valence-corrected chi connectivity index (χ2v) is 7.17. The van der Waals surface area contributed by atoms with Crippen molar-refractivity contribution < 1.29 is 19.0 Å². The smallest absolute Gasteiger partial charge is 0.340 e. The van der Waals surface area contributed by atoms with E-state index in [0.717, 1.165) is 5.69 Å². The highest BCUT2D eigenvalue weighted by Gasteiger charge is 2.35. The normalized spacial score (nSPS) is 16.9. The van der Waals surface area contributed by atoms with Crippen molar-refractivity contribution in [3.63, 3.8) is 0 Å². The molecule has 0 N–H and O–H groups in total. The van der Waals surface area contributed by atoms with Gasteiger partial charge in [-0.3, -0.25) is 9.80 Å². The van der Waals surface area contributed by atoms with E-state index in [-0.39, 0.29) is 24.9 Å². The van der Waals surface area contributed by atoms with Crippen molar-refractivity contribution in [3.8, 4) is 11.5 Å². The summed E-state index contributed by atoms with van der Waals surface area (Å²) in [4.78, 5) is 26.5. The Morgan fingerprint density at radius 2 is 1.83 bits per heavy atom. The lowest BCUT2D eigenvalue weighted by Crippen LogP contribution is -2.36. The minimum absolute atomic E-state index is 0.0443. The summed E-state index contributed by atoms with van der Waals surface area (Å²) in [6.07, 6.45) is 0. The van der Waals surface area contributed by atoms with Crippen LogP contribution in [-0.4, -0.2) is 30.6 Å². The van der Waals surface area contributed by atoms with Crippen molar-refractivity contribution in [3.05, 3.63) is 64.1 Å². The number of carbonyl (C=O) groups excluding carboxylic acids is 1. The van der Waals surface area contributed by atoms with Crippen LogP contribution in [0.5, 0.6) is 11.5 Å². The monoisotopic (exact) mass is 392 g/mol. The Morgan fingerprint density at radius 1 is 1.14 bits per heavy atom. The van der Waals surface area contributed by atoms with Gasteiger partial charge in [-0.15, -0.1) is 0 Å². The summed E-state index contributed by atoms with van der Waals surface area (Å²) in [5.74, 6) is 0.541. The van der Waals surface area contributed by atoms with E-state index in [4.69, 9.17) is 14.2 Å². The van der Waals surface area contributed by atoms with E-state index >= 15 is 0 Å². The molecule has 0 saturated heterocycles. The van der Waals surface area contributed by atoms with E-state index in [1.54, 1.807) is 23.7 Å². The van der Waals surface area contributed by atoms with Crippen molar-refractivity contribution >= 4 is 22.4 Å². The van der Waals surface area contributed by atoms with Gasteiger partial charge in [0.05, 0.1) is 28.9 Å². The third-order valence-electron chi connectivity index (χ3n) is 5.38. The van der Waals surface area contributed by atoms with Gasteiger partial charge in [-0.2, -0.15) is 0 Å². The van der Waals surface area contributed by atoms with E-state index in [9.17, 15) is 9.59 Å². The summed E-state index contributed by atoms with van der Waals surface area (Å²) < 4.78 is 17.9. The number of aromatic nitrogens is 1. The minimum Gasteiger partial charge on any atom is -0.462 e. The number of hydrogen-bond acceptors (Lipinski definition) is 6. The van der Waals surface area contributed by atoms with E-state index in [2.05, 4.69) is 0 Å². The quantitative estimate of drug-likeness (QED) is 0.637. The van der Waals surface area contributed by atoms with Crippen LogP contribution in [0.1, 0.15) is 35.8 Å². The molecule has 1 unspecified atom stereocenters. The maximum Gasteiger partial charge on any atom is 0.340 e. The van der Waals surface area contributed by atoms with Gasteiger partial charge in [0.2, 0.25) is 6.79 Å². The second kappa shape index (κ2) is 6.55. The maximum absolute atomic E-state index is 13.6. The molecule has 0 saturated carbocycles. The Bertz CT molecular complexity index is 1190. The molecule has 0 amide bonds. The van der Waals surface area contributed by atoms with Crippen molar-refractivity contribution in [1.29, 1.82) is 0 Å². The molecular weight excluding hydrogens is 372 g/mol. The largest absolute Gasteiger partial charge is 0.462 e. The zero-order valence-corrected chi connectivity index (χ0v) is 16.2. The first-order valence-electron chi connectivity index (χ1n) is 9.62. The molecule has 3 heterocycles. The Hall–Kier alpha value is -3.48. The van der Waals surface area contributed by atoms with E-state index in [1.165, 1.54) is 0 Å². The summed E-state index contributed by atoms with van der Waals surface area (Å²) in [7, 11) is 0. The van der Waals surface area contributed by atoms with Gasteiger partial charge in [-0.25, -0.2) is 9.47 Å². The van der Waals surface area contributed by atoms with Gasteiger partial charge in [0, 0.05) is 17.8 Å². The van der Waals surface area contributed by atoms with Gasteiger partial charge in [0.1, 0.15) is 0 Å². The number of nitrogens with zero attached hydrogens (tertiary/aromatic N) is 2. The van der Waals surface area contributed by atoms with Gasteiger partial charge < -0.3 is 14.2 Å². The number of rotatable bonds is 3. The van der Waals surface area contributed by atoms with E-state index in [1.807, 2.05) is 42.3 Å². The zero-order valence-electron chi connectivity index (χ0n) is 16.2. The van der Waals surface area contributed by atoms with Crippen LogP contribution < -0.4 is 20.0 Å². The molecule has 3 aromatic rings. The van der Waals surface area contributed by atoms with Crippen LogP contribution in [0.25, 0.3) is 10.8 Å². The van der Waals surface area contributed by atoms with Crippen LogP contribution in [-0.2, 0) is 4.74 Å². The van der Waals surface area contributed by atoms with Crippen molar-refractivity contribution in [2.45, 2.75) is 19.8 Å². The number of benzene rings is 2. The molecule has 148 valence electrons. The number of carbonyl (C=O) groups is 1. The topological polar surface area (TPSA) is 70.0 Å². The Kier molecular flexibility index (Phi) is 3.97. The lowest BCUT2D eigenvalue weighted by Gasteiger charge is -2.22. The first-order valence-corrected chi connectivity index (χ1v) is 9.62. The predicted molar refractivity (Wildman–Crippen MR) is 108 cm³/mol. The third-order valence-corrected chi connectivity index (χ3v) is 5.38. The van der Waals surface area contributed by atoms with Crippen molar-refractivity contribution in [2.75, 3.05) is 25.0 Å². The average Bonchev–Trinajstić information content (AvgIpc) is 3.32. The molecule has 7 nitrogen and oxygen atoms in total. The second-order valence-electron chi connectivity index (χ2n) is 7.17. The molecule has 7 heteroatoms. The Morgan fingerprint density at radius 3 is 2.52 bits per heavy atom. The highest BCUT2D eigenvalue weighted by molar-refractivity contribution is 6.06. The fourth-order valence-corrected chi connectivity index (χ4v) is 4.15. The lowest BCUT2D eigenvalue weighted by molar-refractivity contribution is 0.0526. The molecule has 0 aliphatic carbocycles. The van der Waals surface area contributed by atoms with Crippen LogP contribution in [0.2, 0.25) is 0 Å². The molecule has 2 aliphatic heterocycles. The van der Waals surface area contributed by atoms with Crippen molar-refractivity contribution in [2.24, 2.45) is 0 Å². The Labute approximate surface area is 167 Å². The van der Waals surface area contributed by atoms with Gasteiger partial charge >= 0.3 is 5.97 Å². The molecule has 0 spiro atoms. The predicted octanol–water partition coefficient (Wildman–Crippen LogP) is 3.29. The Balaban J connectivity index is 1.86. The molecule has 1 atom stereocenters. The number of hydrogen-bond donors (Lipinski definition) is 0. The summed E-state index contributed by atoms with van der Waals surface area (Å²) in [6, 6.07) is 13.0. The number of pyridine rings is 1. The average molecular weight is 392 g/mol. The lowest BCUT2D eigenvalue weighted by atomic mass is 9.97. The zero-order chi connectivity index (χ0) is 20.1. The molecule has 5 rings (SSSR count). The van der Waals surface area contributed by atoms with Gasteiger partial charge in [-0.1, -0.05) is 25.1 Å². The van der Waals surface area contributed by atoms with Crippen LogP contribution in [0.15, 0.2) is 47.3 Å². The molecule has 2 aromatic carbocycles.